The highest BCUT2D eigenvalue weighted by atomic mass is 16.5. The molecule has 1 heterocycles. The van der Waals surface area contributed by atoms with E-state index in [2.05, 4.69) is 18.4 Å². The molecular weight excluding hydrogens is 212 g/mol. The molecule has 0 amide bonds. The van der Waals surface area contributed by atoms with Crippen molar-refractivity contribution in [3.8, 4) is 5.75 Å². The number of hydrogen-bond donors (Lipinski definition) is 1. The molecule has 0 aliphatic heterocycles. The molecule has 0 bridgehead atoms. The summed E-state index contributed by atoms with van der Waals surface area (Å²) in [7, 11) is 0. The molecule has 0 aliphatic rings. The van der Waals surface area contributed by atoms with Gasteiger partial charge in [-0.1, -0.05) is 18.2 Å². The maximum absolute atomic E-state index is 5.63. The molecule has 0 saturated carbocycles. The molecule has 1 aromatic carbocycles. The maximum Gasteiger partial charge on any atom is 0.124 e. The van der Waals surface area contributed by atoms with Crippen LogP contribution in [0, 0.1) is 0 Å². The molecule has 2 aromatic rings. The van der Waals surface area contributed by atoms with E-state index in [-0.39, 0.29) is 6.04 Å². The minimum absolute atomic E-state index is 0.199. The van der Waals surface area contributed by atoms with E-state index >= 15 is 0 Å². The maximum atomic E-state index is 5.63. The van der Waals surface area contributed by atoms with E-state index in [9.17, 15) is 0 Å². The highest BCUT2D eigenvalue weighted by molar-refractivity contribution is 5.36. The number of para-hydroxylation sites is 1. The Morgan fingerprint density at radius 1 is 1.18 bits per heavy atom. The van der Waals surface area contributed by atoms with Gasteiger partial charge in [0.05, 0.1) is 12.6 Å². The lowest BCUT2D eigenvalue weighted by Gasteiger charge is -2.19. The van der Waals surface area contributed by atoms with Crippen LogP contribution >= 0.6 is 0 Å². The average molecular weight is 230 g/mol. The van der Waals surface area contributed by atoms with Crippen LogP contribution in [-0.4, -0.2) is 11.3 Å². The second-order valence-corrected chi connectivity index (χ2v) is 3.91. The van der Waals surface area contributed by atoms with Crippen LogP contribution in [0.4, 0.5) is 0 Å². The molecule has 0 radical (unpaired) electrons. The first-order valence-electron chi connectivity index (χ1n) is 5.92. The van der Waals surface area contributed by atoms with Gasteiger partial charge in [-0.2, -0.15) is 0 Å². The van der Waals surface area contributed by atoms with Crippen LogP contribution in [0.2, 0.25) is 0 Å². The van der Waals surface area contributed by atoms with Crippen molar-refractivity contribution in [1.82, 2.24) is 4.68 Å². The summed E-state index contributed by atoms with van der Waals surface area (Å²) in [6.45, 7) is 4.81. The first-order valence-corrected chi connectivity index (χ1v) is 5.92. The molecule has 1 aromatic heterocycles. The summed E-state index contributed by atoms with van der Waals surface area (Å²) in [4.78, 5) is 0. The van der Waals surface area contributed by atoms with E-state index < -0.39 is 0 Å². The minimum Gasteiger partial charge on any atom is -0.494 e. The summed E-state index contributed by atoms with van der Waals surface area (Å²) in [5.74, 6) is 0.946. The number of ether oxygens (including phenoxy) is 1. The van der Waals surface area contributed by atoms with Crippen LogP contribution < -0.4 is 10.2 Å². The van der Waals surface area contributed by atoms with Gasteiger partial charge in [-0.15, -0.1) is 0 Å². The van der Waals surface area contributed by atoms with Crippen molar-refractivity contribution >= 4 is 0 Å². The fourth-order valence-corrected chi connectivity index (χ4v) is 1.84. The first kappa shape index (κ1) is 11.6. The van der Waals surface area contributed by atoms with Gasteiger partial charge in [-0.05, 0) is 32.0 Å². The summed E-state index contributed by atoms with van der Waals surface area (Å²) in [6, 6.07) is 12.3. The normalized spacial score (nSPS) is 12.1. The fourth-order valence-electron chi connectivity index (χ4n) is 1.84. The Morgan fingerprint density at radius 3 is 2.59 bits per heavy atom. The number of benzene rings is 1. The van der Waals surface area contributed by atoms with E-state index in [1.807, 2.05) is 54.3 Å². The van der Waals surface area contributed by atoms with Crippen molar-refractivity contribution in [1.29, 1.82) is 0 Å². The summed E-state index contributed by atoms with van der Waals surface area (Å²) in [5.41, 5.74) is 4.54. The second kappa shape index (κ2) is 5.43. The van der Waals surface area contributed by atoms with Crippen LogP contribution in [0.3, 0.4) is 0 Å². The van der Waals surface area contributed by atoms with Gasteiger partial charge < -0.3 is 10.2 Å². The minimum atomic E-state index is 0.199. The Balaban J connectivity index is 2.15. The van der Waals surface area contributed by atoms with Gasteiger partial charge in [0, 0.05) is 18.0 Å². The van der Waals surface area contributed by atoms with E-state index in [0.29, 0.717) is 6.61 Å². The van der Waals surface area contributed by atoms with Crippen LogP contribution in [0.15, 0.2) is 48.8 Å². The summed E-state index contributed by atoms with van der Waals surface area (Å²) in [5, 5.41) is 0. The van der Waals surface area contributed by atoms with Crippen LogP contribution in [0.5, 0.6) is 5.75 Å². The van der Waals surface area contributed by atoms with Crippen molar-refractivity contribution in [3.05, 3.63) is 54.4 Å². The molecule has 1 atom stereocenters. The van der Waals surface area contributed by atoms with Crippen molar-refractivity contribution < 1.29 is 4.74 Å². The molecule has 17 heavy (non-hydrogen) atoms. The summed E-state index contributed by atoms with van der Waals surface area (Å²) >= 11 is 0. The monoisotopic (exact) mass is 230 g/mol. The van der Waals surface area contributed by atoms with Crippen molar-refractivity contribution in [2.45, 2.75) is 19.9 Å². The average Bonchev–Trinajstić information content (AvgIpc) is 2.83. The zero-order valence-electron chi connectivity index (χ0n) is 10.3. The van der Waals surface area contributed by atoms with Gasteiger partial charge in [0.15, 0.2) is 0 Å². The topological polar surface area (TPSA) is 26.2 Å². The third-order valence-electron chi connectivity index (χ3n) is 2.63. The Kier molecular flexibility index (Phi) is 3.70. The van der Waals surface area contributed by atoms with Gasteiger partial charge in [0.1, 0.15) is 5.75 Å². The molecular formula is C14H18N2O. The second-order valence-electron chi connectivity index (χ2n) is 3.91. The Bertz CT molecular complexity index is 451. The third kappa shape index (κ3) is 2.81. The Hall–Kier alpha value is -1.90. The molecule has 0 saturated heterocycles. The van der Waals surface area contributed by atoms with Gasteiger partial charge >= 0.3 is 0 Å². The highest BCUT2D eigenvalue weighted by Crippen LogP contribution is 2.25. The van der Waals surface area contributed by atoms with Crippen molar-refractivity contribution in [2.24, 2.45) is 0 Å². The Morgan fingerprint density at radius 2 is 1.88 bits per heavy atom. The largest absolute Gasteiger partial charge is 0.494 e. The zero-order chi connectivity index (χ0) is 12.1. The zero-order valence-corrected chi connectivity index (χ0v) is 10.3. The van der Waals surface area contributed by atoms with Gasteiger partial charge in [0.2, 0.25) is 0 Å². The van der Waals surface area contributed by atoms with E-state index in [1.165, 1.54) is 5.56 Å². The first-order chi connectivity index (χ1) is 8.31. The number of nitrogens with one attached hydrogen (secondary N) is 1. The molecule has 90 valence electrons. The summed E-state index contributed by atoms with van der Waals surface area (Å²) in [6.07, 6.45) is 3.97. The SMILES string of the molecule is CCOc1ccccc1C(C)Nn1cccc1. The van der Waals surface area contributed by atoms with Crippen LogP contribution in [-0.2, 0) is 0 Å². The number of nitrogens with zero attached hydrogens (tertiary/aromatic N) is 1. The standard InChI is InChI=1S/C14H18N2O/c1-3-17-14-9-5-4-8-13(14)12(2)15-16-10-6-7-11-16/h4-12,15H,3H2,1-2H3. The third-order valence-corrected chi connectivity index (χ3v) is 2.63. The van der Waals surface area contributed by atoms with Gasteiger partial charge in [-0.3, -0.25) is 4.68 Å². The van der Waals surface area contributed by atoms with Gasteiger partial charge in [-0.25, -0.2) is 0 Å². The Labute approximate surface area is 102 Å². The molecule has 3 heteroatoms. The quantitative estimate of drug-likeness (QED) is 0.853. The molecule has 0 fully saturated rings. The molecule has 2 rings (SSSR count). The lowest BCUT2D eigenvalue weighted by atomic mass is 10.1. The lowest BCUT2D eigenvalue weighted by Crippen LogP contribution is -2.17. The van der Waals surface area contributed by atoms with Crippen LogP contribution in [0.1, 0.15) is 25.5 Å². The lowest BCUT2D eigenvalue weighted by molar-refractivity contribution is 0.335. The molecule has 1 N–H and O–H groups in total. The van der Waals surface area contributed by atoms with Crippen molar-refractivity contribution in [3.63, 3.8) is 0 Å². The fraction of sp³-hybridized carbons (Fsp3) is 0.286. The predicted molar refractivity (Wildman–Crippen MR) is 69.8 cm³/mol. The van der Waals surface area contributed by atoms with E-state index in [4.69, 9.17) is 4.74 Å². The summed E-state index contributed by atoms with van der Waals surface area (Å²) < 4.78 is 7.58. The van der Waals surface area contributed by atoms with Gasteiger partial charge in [0.25, 0.3) is 0 Å². The molecule has 0 spiro atoms. The van der Waals surface area contributed by atoms with Crippen molar-refractivity contribution in [2.75, 3.05) is 12.0 Å². The highest BCUT2D eigenvalue weighted by Gasteiger charge is 2.10. The molecule has 0 aliphatic carbocycles. The van der Waals surface area contributed by atoms with Crippen LogP contribution in [0.25, 0.3) is 0 Å². The predicted octanol–water partition coefficient (Wildman–Crippen LogP) is 3.19. The number of rotatable bonds is 5. The molecule has 3 nitrogen and oxygen atoms in total. The van der Waals surface area contributed by atoms with E-state index in [0.717, 1.165) is 5.75 Å². The number of aromatic nitrogens is 1. The molecule has 1 unspecified atom stereocenters. The smallest absolute Gasteiger partial charge is 0.124 e. The number of hydrogen-bond acceptors (Lipinski definition) is 2. The van der Waals surface area contributed by atoms with E-state index in [1.54, 1.807) is 0 Å².